The maximum atomic E-state index is 6.03. The largest absolute Gasteiger partial charge is 0.368 e. The molecule has 0 N–H and O–H groups in total. The molecule has 94 valence electrons. The van der Waals surface area contributed by atoms with Crippen molar-refractivity contribution in [2.75, 3.05) is 11.4 Å². The standard InChI is InChI=1S/C14H21ClN2/c1-11-8-14(13(9-15)10-16-11)17-7-5-3-4-6-12(17)2/h8,10,12H,3-7,9H2,1-2H3. The molecule has 1 aliphatic rings. The summed E-state index contributed by atoms with van der Waals surface area (Å²) in [6.45, 7) is 5.51. The number of anilines is 1. The van der Waals surface area contributed by atoms with E-state index in [-0.39, 0.29) is 0 Å². The molecule has 2 rings (SSSR count). The molecule has 1 unspecified atom stereocenters. The van der Waals surface area contributed by atoms with Crippen molar-refractivity contribution in [3.8, 4) is 0 Å². The summed E-state index contributed by atoms with van der Waals surface area (Å²) in [4.78, 5) is 6.86. The van der Waals surface area contributed by atoms with E-state index in [0.717, 1.165) is 17.8 Å². The fourth-order valence-corrected chi connectivity index (χ4v) is 2.78. The Morgan fingerprint density at radius 1 is 1.41 bits per heavy atom. The first-order valence-electron chi connectivity index (χ1n) is 6.50. The molecule has 0 saturated carbocycles. The van der Waals surface area contributed by atoms with Gasteiger partial charge in [-0.1, -0.05) is 12.8 Å². The molecule has 0 spiro atoms. The second-order valence-corrected chi connectivity index (χ2v) is 5.25. The Morgan fingerprint density at radius 2 is 2.24 bits per heavy atom. The van der Waals surface area contributed by atoms with Gasteiger partial charge in [0.15, 0.2) is 0 Å². The van der Waals surface area contributed by atoms with Gasteiger partial charge in [0, 0.05) is 35.7 Å². The van der Waals surface area contributed by atoms with Crippen LogP contribution in [-0.2, 0) is 5.88 Å². The third kappa shape index (κ3) is 2.92. The Kier molecular flexibility index (Phi) is 4.27. The second-order valence-electron chi connectivity index (χ2n) is 4.98. The Morgan fingerprint density at radius 3 is 3.00 bits per heavy atom. The van der Waals surface area contributed by atoms with E-state index in [1.165, 1.54) is 31.4 Å². The highest BCUT2D eigenvalue weighted by atomic mass is 35.5. The van der Waals surface area contributed by atoms with Crippen LogP contribution in [-0.4, -0.2) is 17.6 Å². The van der Waals surface area contributed by atoms with Crippen molar-refractivity contribution in [3.63, 3.8) is 0 Å². The van der Waals surface area contributed by atoms with Gasteiger partial charge in [0.1, 0.15) is 0 Å². The molecule has 2 heterocycles. The number of aryl methyl sites for hydroxylation is 1. The molecule has 0 radical (unpaired) electrons. The Bertz CT molecular complexity index is 378. The predicted molar refractivity (Wildman–Crippen MR) is 73.8 cm³/mol. The first-order valence-corrected chi connectivity index (χ1v) is 7.04. The normalized spacial score (nSPS) is 21.4. The Hall–Kier alpha value is -0.760. The van der Waals surface area contributed by atoms with Gasteiger partial charge in [0.2, 0.25) is 0 Å². The lowest BCUT2D eigenvalue weighted by Crippen LogP contribution is -2.33. The third-order valence-electron chi connectivity index (χ3n) is 3.61. The maximum Gasteiger partial charge on any atom is 0.0509 e. The summed E-state index contributed by atoms with van der Waals surface area (Å²) in [5.41, 5.74) is 3.53. The maximum absolute atomic E-state index is 6.03. The van der Waals surface area contributed by atoms with Gasteiger partial charge in [0.25, 0.3) is 0 Å². The number of alkyl halides is 1. The minimum absolute atomic E-state index is 0.547. The number of nitrogens with zero attached hydrogens (tertiary/aromatic N) is 2. The van der Waals surface area contributed by atoms with Crippen molar-refractivity contribution in [1.29, 1.82) is 0 Å². The van der Waals surface area contributed by atoms with Crippen molar-refractivity contribution in [3.05, 3.63) is 23.5 Å². The number of pyridine rings is 1. The lowest BCUT2D eigenvalue weighted by atomic mass is 10.1. The van der Waals surface area contributed by atoms with E-state index in [4.69, 9.17) is 11.6 Å². The van der Waals surface area contributed by atoms with E-state index in [1.807, 2.05) is 13.1 Å². The van der Waals surface area contributed by atoms with E-state index in [2.05, 4.69) is 22.9 Å². The van der Waals surface area contributed by atoms with Crippen LogP contribution in [0.3, 0.4) is 0 Å². The van der Waals surface area contributed by atoms with Crippen molar-refractivity contribution < 1.29 is 0 Å². The van der Waals surface area contributed by atoms with Crippen LogP contribution in [0.2, 0.25) is 0 Å². The van der Waals surface area contributed by atoms with Gasteiger partial charge < -0.3 is 4.90 Å². The monoisotopic (exact) mass is 252 g/mol. The number of aromatic nitrogens is 1. The van der Waals surface area contributed by atoms with E-state index in [9.17, 15) is 0 Å². The molecule has 1 atom stereocenters. The molecule has 1 fully saturated rings. The van der Waals surface area contributed by atoms with Crippen molar-refractivity contribution >= 4 is 17.3 Å². The van der Waals surface area contributed by atoms with Gasteiger partial charge in [-0.2, -0.15) is 0 Å². The molecule has 17 heavy (non-hydrogen) atoms. The van der Waals surface area contributed by atoms with Crippen LogP contribution in [0.4, 0.5) is 5.69 Å². The SMILES string of the molecule is Cc1cc(N2CCCCCC2C)c(CCl)cn1. The molecular formula is C14H21ClN2. The highest BCUT2D eigenvalue weighted by Crippen LogP contribution is 2.28. The van der Waals surface area contributed by atoms with Gasteiger partial charge >= 0.3 is 0 Å². The lowest BCUT2D eigenvalue weighted by Gasteiger charge is -2.31. The van der Waals surface area contributed by atoms with E-state index >= 15 is 0 Å². The lowest BCUT2D eigenvalue weighted by molar-refractivity contribution is 0.614. The van der Waals surface area contributed by atoms with E-state index in [1.54, 1.807) is 0 Å². The number of rotatable bonds is 2. The summed E-state index contributed by atoms with van der Waals surface area (Å²) < 4.78 is 0. The van der Waals surface area contributed by atoms with Gasteiger partial charge in [0.05, 0.1) is 5.88 Å². The summed E-state index contributed by atoms with van der Waals surface area (Å²) >= 11 is 6.03. The Labute approximate surface area is 109 Å². The quantitative estimate of drug-likeness (QED) is 0.743. The van der Waals surface area contributed by atoms with Crippen LogP contribution in [0, 0.1) is 6.92 Å². The summed E-state index contributed by atoms with van der Waals surface area (Å²) in [6.07, 6.45) is 7.19. The highest BCUT2D eigenvalue weighted by molar-refractivity contribution is 6.17. The molecule has 0 bridgehead atoms. The molecule has 0 aromatic carbocycles. The molecular weight excluding hydrogens is 232 g/mol. The summed E-state index contributed by atoms with van der Waals surface area (Å²) in [6, 6.07) is 2.79. The first kappa shape index (κ1) is 12.7. The van der Waals surface area contributed by atoms with Crippen molar-refractivity contribution in [2.45, 2.75) is 51.5 Å². The number of hydrogen-bond acceptors (Lipinski definition) is 2. The summed E-state index contributed by atoms with van der Waals surface area (Å²) in [7, 11) is 0. The van der Waals surface area contributed by atoms with Crippen molar-refractivity contribution in [2.24, 2.45) is 0 Å². The molecule has 2 nitrogen and oxygen atoms in total. The molecule has 0 amide bonds. The molecule has 1 aliphatic heterocycles. The van der Waals surface area contributed by atoms with Crippen LogP contribution in [0.5, 0.6) is 0 Å². The minimum atomic E-state index is 0.547. The Balaban J connectivity index is 2.32. The zero-order valence-corrected chi connectivity index (χ0v) is 11.5. The smallest absolute Gasteiger partial charge is 0.0509 e. The molecule has 1 aromatic rings. The fraction of sp³-hybridized carbons (Fsp3) is 0.643. The van der Waals surface area contributed by atoms with Gasteiger partial charge in [-0.3, -0.25) is 4.98 Å². The van der Waals surface area contributed by atoms with Crippen LogP contribution in [0.1, 0.15) is 43.9 Å². The van der Waals surface area contributed by atoms with E-state index in [0.29, 0.717) is 11.9 Å². The van der Waals surface area contributed by atoms with Crippen LogP contribution in [0.15, 0.2) is 12.3 Å². The highest BCUT2D eigenvalue weighted by Gasteiger charge is 2.19. The second kappa shape index (κ2) is 5.72. The van der Waals surface area contributed by atoms with Crippen molar-refractivity contribution in [1.82, 2.24) is 4.98 Å². The zero-order valence-electron chi connectivity index (χ0n) is 10.7. The molecule has 1 saturated heterocycles. The van der Waals surface area contributed by atoms with Crippen LogP contribution >= 0.6 is 11.6 Å². The van der Waals surface area contributed by atoms with Crippen LogP contribution < -0.4 is 4.90 Å². The average Bonchev–Trinajstić information content (AvgIpc) is 2.54. The number of halogens is 1. The summed E-state index contributed by atoms with van der Waals surface area (Å²) in [5.74, 6) is 0.547. The zero-order chi connectivity index (χ0) is 12.3. The third-order valence-corrected chi connectivity index (χ3v) is 3.89. The molecule has 0 aliphatic carbocycles. The van der Waals surface area contributed by atoms with Gasteiger partial charge in [-0.05, 0) is 32.8 Å². The topological polar surface area (TPSA) is 16.1 Å². The van der Waals surface area contributed by atoms with E-state index < -0.39 is 0 Å². The van der Waals surface area contributed by atoms with Crippen LogP contribution in [0.25, 0.3) is 0 Å². The van der Waals surface area contributed by atoms with Gasteiger partial charge in [-0.25, -0.2) is 0 Å². The van der Waals surface area contributed by atoms with Gasteiger partial charge in [-0.15, -0.1) is 11.6 Å². The molecule has 3 heteroatoms. The molecule has 1 aromatic heterocycles. The number of hydrogen-bond donors (Lipinski definition) is 0. The average molecular weight is 253 g/mol. The predicted octanol–water partition coefficient (Wildman–Crippen LogP) is 3.90. The minimum Gasteiger partial charge on any atom is -0.368 e. The fourth-order valence-electron chi connectivity index (χ4n) is 2.58. The first-order chi connectivity index (χ1) is 8.22. The summed E-state index contributed by atoms with van der Waals surface area (Å²) in [5, 5.41) is 0.